The van der Waals surface area contributed by atoms with E-state index in [1.165, 1.54) is 28.1 Å². The summed E-state index contributed by atoms with van der Waals surface area (Å²) in [5.74, 6) is 2.32. The smallest absolute Gasteiger partial charge is 0.0987 e. The fourth-order valence-corrected chi connectivity index (χ4v) is 3.37. The lowest BCUT2D eigenvalue weighted by Gasteiger charge is -2.10. The number of nitrogens with one attached hydrogen (secondary N) is 1. The van der Waals surface area contributed by atoms with Crippen molar-refractivity contribution in [1.29, 1.82) is 0 Å². The van der Waals surface area contributed by atoms with Crippen molar-refractivity contribution in [3.05, 3.63) is 30.5 Å². The van der Waals surface area contributed by atoms with E-state index in [2.05, 4.69) is 47.4 Å². The van der Waals surface area contributed by atoms with Crippen LogP contribution in [0.15, 0.2) is 40.4 Å². The molecule has 1 aliphatic heterocycles. The summed E-state index contributed by atoms with van der Waals surface area (Å²) in [6.07, 6.45) is 4.50. The van der Waals surface area contributed by atoms with Crippen LogP contribution in [0.25, 0.3) is 10.9 Å². The molecule has 0 unspecified atom stereocenters. The number of thioether (sulfide) groups is 1. The molecule has 0 atom stereocenters. The summed E-state index contributed by atoms with van der Waals surface area (Å²) >= 11 is 1.88. The van der Waals surface area contributed by atoms with Crippen LogP contribution in [0, 0.1) is 0 Å². The van der Waals surface area contributed by atoms with Gasteiger partial charge in [0.2, 0.25) is 0 Å². The molecule has 19 heavy (non-hydrogen) atoms. The Labute approximate surface area is 118 Å². The number of rotatable bonds is 4. The van der Waals surface area contributed by atoms with Crippen molar-refractivity contribution in [2.45, 2.75) is 17.7 Å². The van der Waals surface area contributed by atoms with Crippen molar-refractivity contribution < 1.29 is 0 Å². The van der Waals surface area contributed by atoms with E-state index in [1.807, 2.05) is 11.8 Å². The molecule has 0 saturated carbocycles. The van der Waals surface area contributed by atoms with Gasteiger partial charge >= 0.3 is 0 Å². The fourth-order valence-electron chi connectivity index (χ4n) is 2.49. The molecule has 2 aromatic rings. The number of para-hydroxylation sites is 1. The van der Waals surface area contributed by atoms with Gasteiger partial charge in [-0.2, -0.15) is 0 Å². The molecule has 100 valence electrons. The van der Waals surface area contributed by atoms with Crippen LogP contribution >= 0.6 is 11.8 Å². The third-order valence-corrected chi connectivity index (χ3v) is 4.56. The van der Waals surface area contributed by atoms with Gasteiger partial charge < -0.3 is 9.88 Å². The van der Waals surface area contributed by atoms with Gasteiger partial charge in [-0.3, -0.25) is 4.99 Å². The second-order valence-electron chi connectivity index (χ2n) is 4.87. The Morgan fingerprint density at radius 1 is 1.37 bits per heavy atom. The maximum absolute atomic E-state index is 4.70. The fraction of sp³-hybridized carbons (Fsp3) is 0.400. The van der Waals surface area contributed by atoms with Gasteiger partial charge in [0.25, 0.3) is 0 Å². The molecule has 1 aromatic heterocycles. The molecule has 1 saturated heterocycles. The highest BCUT2D eigenvalue weighted by Crippen LogP contribution is 2.27. The first-order chi connectivity index (χ1) is 9.34. The molecule has 1 aromatic carbocycles. The number of hydrogen-bond donors (Lipinski definition) is 1. The first-order valence-electron chi connectivity index (χ1n) is 6.78. The lowest BCUT2D eigenvalue weighted by Crippen LogP contribution is -2.19. The summed E-state index contributed by atoms with van der Waals surface area (Å²) in [4.78, 5) is 11.6. The van der Waals surface area contributed by atoms with Gasteiger partial charge in [-0.1, -0.05) is 18.2 Å². The summed E-state index contributed by atoms with van der Waals surface area (Å²) in [7, 11) is 2.14. The molecular formula is C15H19N3S. The number of nitrogens with zero attached hydrogens (tertiary/aromatic N) is 2. The molecule has 0 amide bonds. The molecule has 0 radical (unpaired) electrons. The maximum atomic E-state index is 4.70. The van der Waals surface area contributed by atoms with Crippen molar-refractivity contribution in [3.8, 4) is 0 Å². The maximum Gasteiger partial charge on any atom is 0.0987 e. The quantitative estimate of drug-likeness (QED) is 0.684. The number of amidine groups is 1. The predicted octanol–water partition coefficient (Wildman–Crippen LogP) is 3.38. The number of H-pyrrole nitrogens is 1. The van der Waals surface area contributed by atoms with Crippen molar-refractivity contribution in [2.75, 3.05) is 25.9 Å². The number of aromatic nitrogens is 1. The first kappa shape index (κ1) is 12.6. The minimum absolute atomic E-state index is 0.907. The SMILES string of the molecule is CN1CCC/C1=N\CCSc1c[nH]c2ccccc12. The number of likely N-dealkylation sites (tertiary alicyclic amines) is 1. The Morgan fingerprint density at radius 2 is 2.26 bits per heavy atom. The predicted molar refractivity (Wildman–Crippen MR) is 83.2 cm³/mol. The van der Waals surface area contributed by atoms with Gasteiger partial charge in [-0.25, -0.2) is 0 Å². The van der Waals surface area contributed by atoms with Gasteiger partial charge in [0, 0.05) is 47.8 Å². The summed E-state index contributed by atoms with van der Waals surface area (Å²) < 4.78 is 0. The zero-order valence-electron chi connectivity index (χ0n) is 11.2. The van der Waals surface area contributed by atoms with E-state index in [0.29, 0.717) is 0 Å². The highest BCUT2D eigenvalue weighted by Gasteiger charge is 2.13. The molecule has 0 aliphatic carbocycles. The summed E-state index contributed by atoms with van der Waals surface area (Å²) in [6.45, 7) is 2.07. The summed E-state index contributed by atoms with van der Waals surface area (Å²) in [5, 5.41) is 1.32. The minimum atomic E-state index is 0.907. The van der Waals surface area contributed by atoms with Crippen LogP contribution in [0.2, 0.25) is 0 Å². The molecule has 4 heteroatoms. The largest absolute Gasteiger partial charge is 0.363 e. The summed E-state index contributed by atoms with van der Waals surface area (Å²) in [6, 6.07) is 8.45. The Bertz CT molecular complexity index is 588. The Kier molecular flexibility index (Phi) is 3.78. The van der Waals surface area contributed by atoms with Gasteiger partial charge in [0.05, 0.1) is 12.4 Å². The molecule has 1 fully saturated rings. The molecule has 0 bridgehead atoms. The third-order valence-electron chi connectivity index (χ3n) is 3.53. The van der Waals surface area contributed by atoms with Gasteiger partial charge in [0.15, 0.2) is 0 Å². The molecule has 2 heterocycles. The van der Waals surface area contributed by atoms with Crippen LogP contribution < -0.4 is 0 Å². The zero-order valence-corrected chi connectivity index (χ0v) is 12.0. The monoisotopic (exact) mass is 273 g/mol. The molecule has 3 rings (SSSR count). The normalized spacial score (nSPS) is 17.7. The van der Waals surface area contributed by atoms with Crippen LogP contribution in [0.4, 0.5) is 0 Å². The van der Waals surface area contributed by atoms with E-state index in [1.54, 1.807) is 0 Å². The van der Waals surface area contributed by atoms with Crippen LogP contribution in [-0.2, 0) is 0 Å². The molecule has 3 nitrogen and oxygen atoms in total. The molecule has 1 aliphatic rings. The van der Waals surface area contributed by atoms with Crippen molar-refractivity contribution >= 4 is 28.5 Å². The lowest BCUT2D eigenvalue weighted by atomic mass is 10.2. The van der Waals surface area contributed by atoms with Gasteiger partial charge in [-0.05, 0) is 12.5 Å². The van der Waals surface area contributed by atoms with E-state index < -0.39 is 0 Å². The number of hydrogen-bond acceptors (Lipinski definition) is 2. The molecule has 1 N–H and O–H groups in total. The van der Waals surface area contributed by atoms with E-state index in [0.717, 1.165) is 25.3 Å². The molecular weight excluding hydrogens is 254 g/mol. The highest BCUT2D eigenvalue weighted by atomic mass is 32.2. The number of fused-ring (bicyclic) bond motifs is 1. The number of aromatic amines is 1. The second kappa shape index (κ2) is 5.70. The van der Waals surface area contributed by atoms with Crippen LogP contribution in [0.5, 0.6) is 0 Å². The van der Waals surface area contributed by atoms with Gasteiger partial charge in [0.1, 0.15) is 0 Å². The Hall–Kier alpha value is -1.42. The van der Waals surface area contributed by atoms with E-state index >= 15 is 0 Å². The highest BCUT2D eigenvalue weighted by molar-refractivity contribution is 7.99. The Morgan fingerprint density at radius 3 is 3.11 bits per heavy atom. The van der Waals surface area contributed by atoms with Crippen LogP contribution in [0.1, 0.15) is 12.8 Å². The van der Waals surface area contributed by atoms with E-state index in [4.69, 9.17) is 4.99 Å². The van der Waals surface area contributed by atoms with E-state index in [9.17, 15) is 0 Å². The van der Waals surface area contributed by atoms with E-state index in [-0.39, 0.29) is 0 Å². The third kappa shape index (κ3) is 2.78. The second-order valence-corrected chi connectivity index (χ2v) is 6.01. The first-order valence-corrected chi connectivity index (χ1v) is 7.76. The summed E-state index contributed by atoms with van der Waals surface area (Å²) in [5.41, 5.74) is 1.21. The lowest BCUT2D eigenvalue weighted by molar-refractivity contribution is 0.548. The van der Waals surface area contributed by atoms with Gasteiger partial charge in [-0.15, -0.1) is 11.8 Å². The van der Waals surface area contributed by atoms with Crippen LogP contribution in [-0.4, -0.2) is 41.6 Å². The van der Waals surface area contributed by atoms with Crippen molar-refractivity contribution in [1.82, 2.24) is 9.88 Å². The number of benzene rings is 1. The topological polar surface area (TPSA) is 31.4 Å². The molecule has 0 spiro atoms. The average molecular weight is 273 g/mol. The average Bonchev–Trinajstić information content (AvgIpc) is 3.02. The van der Waals surface area contributed by atoms with Crippen molar-refractivity contribution in [2.24, 2.45) is 4.99 Å². The Balaban J connectivity index is 1.58. The van der Waals surface area contributed by atoms with Crippen LogP contribution in [0.3, 0.4) is 0 Å². The number of aliphatic imine (C=N–C) groups is 1. The van der Waals surface area contributed by atoms with Crippen molar-refractivity contribution in [3.63, 3.8) is 0 Å². The zero-order chi connectivity index (χ0) is 13.1. The standard InChI is InChI=1S/C15H19N3S/c1-18-9-4-7-15(18)16-8-10-19-14-11-17-13-6-3-2-5-12(13)14/h2-3,5-6,11,17H,4,7-10H2,1H3/b16-15+. The minimum Gasteiger partial charge on any atom is -0.363 e.